The molecule has 0 radical (unpaired) electrons. The van der Waals surface area contributed by atoms with Gasteiger partial charge in [-0.05, 0) is 43.9 Å². The summed E-state index contributed by atoms with van der Waals surface area (Å²) < 4.78 is 5.72. The third-order valence-corrected chi connectivity index (χ3v) is 7.97. The van der Waals surface area contributed by atoms with Crippen LogP contribution in [0.25, 0.3) is 0 Å². The number of rotatable bonds is 6. The number of esters is 1. The number of carbonyl (C=O) groups is 3. The smallest absolute Gasteiger partial charge is 0.329 e. The number of nitrogens with zero attached hydrogens (tertiary/aromatic N) is 2. The molecule has 1 unspecified atom stereocenters. The van der Waals surface area contributed by atoms with E-state index in [1.807, 2.05) is 25.3 Å². The Bertz CT molecular complexity index is 962. The van der Waals surface area contributed by atoms with Crippen molar-refractivity contribution in [2.75, 3.05) is 11.5 Å². The van der Waals surface area contributed by atoms with E-state index < -0.39 is 23.7 Å². The van der Waals surface area contributed by atoms with E-state index in [2.05, 4.69) is 33.2 Å². The van der Waals surface area contributed by atoms with Crippen LogP contribution in [0.15, 0.2) is 22.5 Å². The van der Waals surface area contributed by atoms with Crippen LogP contribution in [-0.4, -0.2) is 57.0 Å². The number of cyclic esters (lactones) is 1. The Morgan fingerprint density at radius 2 is 2.12 bits per heavy atom. The van der Waals surface area contributed by atoms with Crippen LogP contribution < -0.4 is 10.6 Å². The van der Waals surface area contributed by atoms with Gasteiger partial charge in [0.25, 0.3) is 0 Å². The van der Waals surface area contributed by atoms with E-state index in [-0.39, 0.29) is 30.7 Å². The fourth-order valence-corrected chi connectivity index (χ4v) is 5.60. The van der Waals surface area contributed by atoms with Gasteiger partial charge in [0.2, 0.25) is 11.8 Å². The maximum absolute atomic E-state index is 13.2. The van der Waals surface area contributed by atoms with Gasteiger partial charge in [-0.25, -0.2) is 9.78 Å². The van der Waals surface area contributed by atoms with E-state index in [1.165, 1.54) is 23.1 Å². The number of amides is 2. The molecule has 0 aromatic carbocycles. The highest BCUT2D eigenvalue weighted by Gasteiger charge is 2.41. The summed E-state index contributed by atoms with van der Waals surface area (Å²) in [5, 5.41) is 9.02. The molecule has 0 saturated carbocycles. The summed E-state index contributed by atoms with van der Waals surface area (Å²) >= 11 is 7.11. The Labute approximate surface area is 214 Å². The summed E-state index contributed by atoms with van der Waals surface area (Å²) in [6, 6.07) is -0.851. The normalized spacial score (nSPS) is 26.4. The number of ether oxygens (including phenoxy) is 1. The average molecular weight is 525 g/mol. The maximum Gasteiger partial charge on any atom is 0.329 e. The minimum Gasteiger partial charge on any atom is -0.456 e. The molecular weight excluding hydrogens is 492 g/mol. The number of allylic oxidation sites excluding steroid dienone is 1. The largest absolute Gasteiger partial charge is 0.456 e. The van der Waals surface area contributed by atoms with Crippen molar-refractivity contribution in [2.45, 2.75) is 70.7 Å². The Morgan fingerprint density at radius 1 is 1.32 bits per heavy atom. The van der Waals surface area contributed by atoms with Gasteiger partial charge in [-0.3, -0.25) is 14.6 Å². The second-order valence-corrected chi connectivity index (χ2v) is 11.3. The van der Waals surface area contributed by atoms with Crippen LogP contribution in [0.1, 0.15) is 57.2 Å². The van der Waals surface area contributed by atoms with Crippen LogP contribution in [0, 0.1) is 5.92 Å². The summed E-state index contributed by atoms with van der Waals surface area (Å²) in [6.07, 6.45) is 5.69. The summed E-state index contributed by atoms with van der Waals surface area (Å²) in [4.78, 5) is 48.1. The van der Waals surface area contributed by atoms with Gasteiger partial charge in [0, 0.05) is 11.1 Å². The van der Waals surface area contributed by atoms with E-state index in [9.17, 15) is 14.4 Å². The number of hydrogen-bond acceptors (Lipinski definition) is 9. The zero-order valence-corrected chi connectivity index (χ0v) is 22.2. The average Bonchev–Trinajstić information content (AvgIpc) is 3.42. The quantitative estimate of drug-likeness (QED) is 0.228. The molecule has 0 aliphatic carbocycles. The maximum atomic E-state index is 13.2. The minimum absolute atomic E-state index is 0.00786. The van der Waals surface area contributed by atoms with Gasteiger partial charge in [-0.2, -0.15) is 12.6 Å². The molecule has 34 heavy (non-hydrogen) atoms. The predicted molar refractivity (Wildman–Crippen MR) is 139 cm³/mol. The van der Waals surface area contributed by atoms with Crippen molar-refractivity contribution in [1.29, 1.82) is 0 Å². The molecule has 0 spiro atoms. The molecular formula is C23H32N4O4S3. The lowest BCUT2D eigenvalue weighted by molar-refractivity contribution is -0.153. The highest BCUT2D eigenvalue weighted by molar-refractivity contribution is 8.14. The van der Waals surface area contributed by atoms with Crippen LogP contribution in [0.5, 0.6) is 0 Å². The SMILES string of the molecule is CC(C)[C@@H]1NC(=O)[C@]2(C)CSC(=N2)c2csc(n2)CNC(=O)CC(C=CCCCCS)OC1=O. The van der Waals surface area contributed by atoms with Crippen LogP contribution in [0.4, 0.5) is 0 Å². The van der Waals surface area contributed by atoms with Crippen molar-refractivity contribution in [1.82, 2.24) is 15.6 Å². The van der Waals surface area contributed by atoms with Crippen molar-refractivity contribution in [3.05, 3.63) is 28.2 Å². The predicted octanol–water partition coefficient (Wildman–Crippen LogP) is 3.12. The number of nitrogens with one attached hydrogen (secondary N) is 2. The Hall–Kier alpha value is -1.85. The first-order chi connectivity index (χ1) is 16.2. The van der Waals surface area contributed by atoms with E-state index in [0.29, 0.717) is 16.5 Å². The van der Waals surface area contributed by atoms with Crippen molar-refractivity contribution >= 4 is 58.6 Å². The number of fused-ring (bicyclic) bond motifs is 4. The molecule has 8 nitrogen and oxygen atoms in total. The molecule has 186 valence electrons. The van der Waals surface area contributed by atoms with Gasteiger partial charge in [-0.1, -0.05) is 19.9 Å². The van der Waals surface area contributed by atoms with Gasteiger partial charge < -0.3 is 15.4 Å². The molecule has 3 heterocycles. The second-order valence-electron chi connectivity index (χ2n) is 8.90. The zero-order chi connectivity index (χ0) is 24.7. The lowest BCUT2D eigenvalue weighted by Gasteiger charge is -2.27. The lowest BCUT2D eigenvalue weighted by atomic mass is 10.0. The molecule has 0 fully saturated rings. The minimum atomic E-state index is -1.01. The molecule has 2 amide bonds. The number of thioether (sulfide) groups is 1. The Kier molecular flexibility index (Phi) is 9.61. The number of thiol groups is 1. The lowest BCUT2D eigenvalue weighted by Crippen LogP contribution is -2.53. The second kappa shape index (κ2) is 12.2. The molecule has 2 aliphatic heterocycles. The summed E-state index contributed by atoms with van der Waals surface area (Å²) in [5.41, 5.74) is -0.306. The third-order valence-electron chi connectivity index (χ3n) is 5.53. The number of aliphatic imine (C=N–C) groups is 1. The Balaban J connectivity index is 1.86. The molecule has 11 heteroatoms. The number of unbranched alkanes of at least 4 members (excludes halogenated alkanes) is 2. The van der Waals surface area contributed by atoms with Crippen LogP contribution in [-0.2, 0) is 25.7 Å². The molecule has 1 aromatic rings. The third kappa shape index (κ3) is 7.08. The van der Waals surface area contributed by atoms with Crippen LogP contribution in [0.3, 0.4) is 0 Å². The number of thiazole rings is 1. The Morgan fingerprint density at radius 3 is 2.85 bits per heavy atom. The molecule has 0 saturated heterocycles. The van der Waals surface area contributed by atoms with Gasteiger partial charge in [-0.15, -0.1) is 23.1 Å². The first-order valence-electron chi connectivity index (χ1n) is 11.4. The topological polar surface area (TPSA) is 110 Å². The highest BCUT2D eigenvalue weighted by atomic mass is 32.2. The van der Waals surface area contributed by atoms with Gasteiger partial charge in [0.15, 0.2) is 0 Å². The molecule has 2 aliphatic rings. The van der Waals surface area contributed by atoms with E-state index >= 15 is 0 Å². The monoisotopic (exact) mass is 524 g/mol. The van der Waals surface area contributed by atoms with Crippen LogP contribution >= 0.6 is 35.7 Å². The van der Waals surface area contributed by atoms with E-state index in [4.69, 9.17) is 4.74 Å². The first-order valence-corrected chi connectivity index (χ1v) is 13.9. The highest BCUT2D eigenvalue weighted by Crippen LogP contribution is 2.32. The van der Waals surface area contributed by atoms with Gasteiger partial charge in [0.1, 0.15) is 33.4 Å². The summed E-state index contributed by atoms with van der Waals surface area (Å²) in [7, 11) is 0. The molecule has 4 bridgehead atoms. The molecule has 1 aromatic heterocycles. The molecule has 2 N–H and O–H groups in total. The standard InChI is InChI=1S/C23H32N4O4S3/c1-14(2)19-21(29)31-15(8-6-4-5-7-9-32)10-17(28)24-11-18-25-16(12-33-18)20-27-23(3,13-34-20)22(30)26-19/h6,8,12,14-15,19,32H,4-5,7,9-11,13H2,1-3H3,(H,24,28)(H,26,30)/t15?,19-,23-/m0/s1. The van der Waals surface area contributed by atoms with Crippen LogP contribution in [0.2, 0.25) is 0 Å². The van der Waals surface area contributed by atoms with Gasteiger partial charge >= 0.3 is 5.97 Å². The van der Waals surface area contributed by atoms with Crippen molar-refractivity contribution < 1.29 is 19.1 Å². The summed E-state index contributed by atoms with van der Waals surface area (Å²) in [5.74, 6) is -0.0706. The number of carbonyl (C=O) groups excluding carboxylic acids is 3. The fraction of sp³-hybridized carbons (Fsp3) is 0.609. The number of aromatic nitrogens is 1. The van der Waals surface area contributed by atoms with Gasteiger partial charge in [0.05, 0.1) is 13.0 Å². The van der Waals surface area contributed by atoms with Crippen molar-refractivity contribution in [3.63, 3.8) is 0 Å². The molecule has 3 rings (SSSR count). The first kappa shape index (κ1) is 26.7. The van der Waals surface area contributed by atoms with E-state index in [0.717, 1.165) is 30.0 Å². The molecule has 3 atom stereocenters. The van der Waals surface area contributed by atoms with Crippen molar-refractivity contribution in [3.8, 4) is 0 Å². The number of hydrogen-bond donors (Lipinski definition) is 3. The zero-order valence-electron chi connectivity index (χ0n) is 19.7. The fourth-order valence-electron chi connectivity index (χ4n) is 3.45. The van der Waals surface area contributed by atoms with E-state index in [1.54, 1.807) is 13.0 Å². The summed E-state index contributed by atoms with van der Waals surface area (Å²) in [6.45, 7) is 5.73. The van der Waals surface area contributed by atoms with Crippen molar-refractivity contribution in [2.24, 2.45) is 10.9 Å².